The van der Waals surface area contributed by atoms with E-state index in [-0.39, 0.29) is 11.9 Å². The van der Waals surface area contributed by atoms with Crippen molar-refractivity contribution in [1.29, 1.82) is 0 Å². The summed E-state index contributed by atoms with van der Waals surface area (Å²) in [4.78, 5) is 16.9. The molecule has 0 aliphatic carbocycles. The van der Waals surface area contributed by atoms with E-state index in [0.717, 1.165) is 17.6 Å². The number of carbonyl (C=O) groups is 1. The number of hydrogen-bond acceptors (Lipinski definition) is 5. The molecule has 1 amide bonds. The van der Waals surface area contributed by atoms with E-state index in [1.165, 1.54) is 0 Å². The minimum Gasteiger partial charge on any atom is -0.341 e. The van der Waals surface area contributed by atoms with Crippen molar-refractivity contribution in [2.75, 3.05) is 0 Å². The first-order valence-electron chi connectivity index (χ1n) is 9.18. The number of hydrogen-bond donors (Lipinski definition) is 2. The van der Waals surface area contributed by atoms with Crippen LogP contribution in [0.1, 0.15) is 42.6 Å². The van der Waals surface area contributed by atoms with E-state index in [0.29, 0.717) is 23.1 Å². The van der Waals surface area contributed by atoms with Gasteiger partial charge in [0.1, 0.15) is 5.69 Å². The number of carbonyl (C=O) groups excluding carboxylic acids is 1. The van der Waals surface area contributed by atoms with Crippen molar-refractivity contribution in [2.45, 2.75) is 26.3 Å². The first-order valence-corrected chi connectivity index (χ1v) is 9.18. The minimum absolute atomic E-state index is 0.235. The fraction of sp³-hybridized carbons (Fsp3) is 0.250. The third-order valence-corrected chi connectivity index (χ3v) is 4.44. The van der Waals surface area contributed by atoms with Crippen LogP contribution in [0.3, 0.4) is 0 Å². The van der Waals surface area contributed by atoms with Crippen molar-refractivity contribution in [3.63, 3.8) is 0 Å². The molecule has 8 heteroatoms. The van der Waals surface area contributed by atoms with Crippen LogP contribution in [-0.2, 0) is 0 Å². The second kappa shape index (κ2) is 7.59. The number of pyridine rings is 2. The molecule has 4 rings (SSSR count). The van der Waals surface area contributed by atoms with Gasteiger partial charge in [-0.2, -0.15) is 5.10 Å². The average Bonchev–Trinajstić information content (AvgIpc) is 3.35. The predicted molar refractivity (Wildman–Crippen MR) is 104 cm³/mol. The fourth-order valence-electron chi connectivity index (χ4n) is 3.13. The molecule has 142 valence electrons. The molecule has 4 heterocycles. The highest BCUT2D eigenvalue weighted by atomic mass is 16.2. The zero-order valence-electron chi connectivity index (χ0n) is 15.7. The minimum atomic E-state index is -0.268. The zero-order chi connectivity index (χ0) is 19.5. The highest BCUT2D eigenvalue weighted by Crippen LogP contribution is 2.22. The molecule has 2 N–H and O–H groups in total. The van der Waals surface area contributed by atoms with Crippen molar-refractivity contribution < 1.29 is 4.79 Å². The maximum absolute atomic E-state index is 12.9. The van der Waals surface area contributed by atoms with E-state index >= 15 is 0 Å². The van der Waals surface area contributed by atoms with Crippen LogP contribution in [0, 0.1) is 5.92 Å². The Morgan fingerprint density at radius 1 is 1.21 bits per heavy atom. The second-order valence-electron chi connectivity index (χ2n) is 7.05. The number of rotatable bonds is 6. The molecule has 0 aliphatic rings. The number of nitrogens with zero attached hydrogens (tertiary/aromatic N) is 5. The molecular weight excluding hydrogens is 354 g/mol. The number of fused-ring (bicyclic) bond motifs is 1. The summed E-state index contributed by atoms with van der Waals surface area (Å²) in [5.41, 5.74) is 2.66. The van der Waals surface area contributed by atoms with E-state index in [2.05, 4.69) is 44.5 Å². The summed E-state index contributed by atoms with van der Waals surface area (Å²) in [6.07, 6.45) is 6.05. The molecule has 0 bridgehead atoms. The molecule has 4 aromatic heterocycles. The van der Waals surface area contributed by atoms with Crippen LogP contribution in [-0.4, -0.2) is 35.7 Å². The predicted octanol–water partition coefficient (Wildman–Crippen LogP) is 3.03. The lowest BCUT2D eigenvalue weighted by Crippen LogP contribution is -2.31. The summed E-state index contributed by atoms with van der Waals surface area (Å²) in [5, 5.41) is 18.6. The van der Waals surface area contributed by atoms with Gasteiger partial charge >= 0.3 is 0 Å². The monoisotopic (exact) mass is 375 g/mol. The molecular formula is C20H21N7O. The molecule has 0 saturated heterocycles. The SMILES string of the molecule is CC(C)C[C@H](NC(=O)c1cc(-c2cccnc2)n[nH]1)c1nnc2ccccn12. The van der Waals surface area contributed by atoms with Gasteiger partial charge in [-0.15, -0.1) is 10.2 Å². The van der Waals surface area contributed by atoms with Crippen LogP contribution in [0.25, 0.3) is 16.9 Å². The van der Waals surface area contributed by atoms with Crippen LogP contribution in [0.2, 0.25) is 0 Å². The molecule has 0 spiro atoms. The summed E-state index contributed by atoms with van der Waals surface area (Å²) in [5.74, 6) is 0.847. The van der Waals surface area contributed by atoms with E-state index in [4.69, 9.17) is 0 Å². The second-order valence-corrected chi connectivity index (χ2v) is 7.05. The summed E-state index contributed by atoms with van der Waals surface area (Å²) in [6, 6.07) is 10.9. The highest BCUT2D eigenvalue weighted by Gasteiger charge is 2.23. The topological polar surface area (TPSA) is 101 Å². The van der Waals surface area contributed by atoms with Gasteiger partial charge in [0.05, 0.1) is 11.7 Å². The Balaban J connectivity index is 1.59. The van der Waals surface area contributed by atoms with Crippen LogP contribution >= 0.6 is 0 Å². The van der Waals surface area contributed by atoms with E-state index in [9.17, 15) is 4.79 Å². The molecule has 0 aromatic carbocycles. The first-order chi connectivity index (χ1) is 13.6. The molecule has 0 radical (unpaired) electrons. The van der Waals surface area contributed by atoms with Gasteiger partial charge in [0.2, 0.25) is 0 Å². The van der Waals surface area contributed by atoms with Crippen molar-refractivity contribution in [3.05, 3.63) is 66.5 Å². The van der Waals surface area contributed by atoms with Crippen molar-refractivity contribution in [3.8, 4) is 11.3 Å². The van der Waals surface area contributed by atoms with Crippen LogP contribution in [0.5, 0.6) is 0 Å². The molecule has 0 fully saturated rings. The molecule has 28 heavy (non-hydrogen) atoms. The smallest absolute Gasteiger partial charge is 0.269 e. The van der Waals surface area contributed by atoms with E-state index < -0.39 is 0 Å². The normalized spacial score (nSPS) is 12.4. The van der Waals surface area contributed by atoms with Crippen molar-refractivity contribution >= 4 is 11.6 Å². The van der Waals surface area contributed by atoms with Crippen LogP contribution in [0.4, 0.5) is 0 Å². The van der Waals surface area contributed by atoms with Crippen LogP contribution < -0.4 is 5.32 Å². The summed E-state index contributed by atoms with van der Waals surface area (Å²) in [6.45, 7) is 4.22. The number of amides is 1. The summed E-state index contributed by atoms with van der Waals surface area (Å²) >= 11 is 0. The van der Waals surface area contributed by atoms with Gasteiger partial charge in [0, 0.05) is 24.2 Å². The molecule has 0 unspecified atom stereocenters. The largest absolute Gasteiger partial charge is 0.341 e. The molecule has 4 aromatic rings. The Kier molecular flexibility index (Phi) is 4.84. The standard InChI is InChI=1S/C20H21N7O/c1-13(2)10-16(19-26-25-18-7-3-4-9-27(18)19)22-20(28)17-11-15(23-24-17)14-6-5-8-21-12-14/h3-9,11-13,16H,10H2,1-2H3,(H,22,28)(H,23,24)/t16-/m0/s1. The van der Waals surface area contributed by atoms with Gasteiger partial charge in [-0.3, -0.25) is 19.3 Å². The van der Waals surface area contributed by atoms with Gasteiger partial charge in [-0.1, -0.05) is 19.9 Å². The Bertz CT molecular complexity index is 1080. The van der Waals surface area contributed by atoms with Crippen molar-refractivity contribution in [1.82, 2.24) is 35.1 Å². The fourth-order valence-corrected chi connectivity index (χ4v) is 3.13. The molecule has 8 nitrogen and oxygen atoms in total. The molecule has 0 aliphatic heterocycles. The summed E-state index contributed by atoms with van der Waals surface area (Å²) < 4.78 is 1.90. The lowest BCUT2D eigenvalue weighted by Gasteiger charge is -2.18. The average molecular weight is 375 g/mol. The van der Waals surface area contributed by atoms with Gasteiger partial charge < -0.3 is 5.32 Å². The first kappa shape index (κ1) is 17.8. The highest BCUT2D eigenvalue weighted by molar-refractivity contribution is 5.93. The van der Waals surface area contributed by atoms with Crippen LogP contribution in [0.15, 0.2) is 55.0 Å². The number of nitrogens with one attached hydrogen (secondary N) is 2. The Labute approximate surface area is 162 Å². The lowest BCUT2D eigenvalue weighted by molar-refractivity contribution is 0.0924. The number of aromatic amines is 1. The number of H-pyrrole nitrogens is 1. The number of aromatic nitrogens is 6. The van der Waals surface area contributed by atoms with Gasteiger partial charge in [0.15, 0.2) is 11.5 Å². The van der Waals surface area contributed by atoms with Gasteiger partial charge in [-0.25, -0.2) is 0 Å². The molecule has 0 saturated carbocycles. The Morgan fingerprint density at radius 3 is 2.89 bits per heavy atom. The lowest BCUT2D eigenvalue weighted by atomic mass is 10.0. The Morgan fingerprint density at radius 2 is 2.11 bits per heavy atom. The quantitative estimate of drug-likeness (QED) is 0.539. The maximum atomic E-state index is 12.9. The van der Waals surface area contributed by atoms with E-state index in [1.54, 1.807) is 18.5 Å². The van der Waals surface area contributed by atoms with Gasteiger partial charge in [0.25, 0.3) is 5.91 Å². The third kappa shape index (κ3) is 3.62. The summed E-state index contributed by atoms with van der Waals surface area (Å²) in [7, 11) is 0. The van der Waals surface area contributed by atoms with Crippen molar-refractivity contribution in [2.24, 2.45) is 5.92 Å². The zero-order valence-corrected chi connectivity index (χ0v) is 15.7. The molecule has 1 atom stereocenters. The third-order valence-electron chi connectivity index (χ3n) is 4.44. The Hall–Kier alpha value is -3.55. The maximum Gasteiger partial charge on any atom is 0.269 e. The van der Waals surface area contributed by atoms with Gasteiger partial charge in [-0.05, 0) is 42.7 Å². The van der Waals surface area contributed by atoms with E-state index in [1.807, 2.05) is 40.9 Å².